The summed E-state index contributed by atoms with van der Waals surface area (Å²) in [5, 5.41) is 11.8. The van der Waals surface area contributed by atoms with E-state index in [0.717, 1.165) is 6.54 Å². The lowest BCUT2D eigenvalue weighted by Crippen LogP contribution is -2.20. The maximum Gasteiger partial charge on any atom is 0.123 e. The van der Waals surface area contributed by atoms with Crippen molar-refractivity contribution in [3.05, 3.63) is 11.8 Å². The van der Waals surface area contributed by atoms with Gasteiger partial charge in [-0.1, -0.05) is 0 Å². The largest absolute Gasteiger partial charge is 0.512 e. The van der Waals surface area contributed by atoms with Crippen LogP contribution in [-0.4, -0.2) is 24.5 Å². The van der Waals surface area contributed by atoms with E-state index >= 15 is 0 Å². The minimum Gasteiger partial charge on any atom is -0.512 e. The molecule has 0 saturated heterocycles. The van der Waals surface area contributed by atoms with Crippen molar-refractivity contribution in [2.75, 3.05) is 13.6 Å². The monoisotopic (exact) mass is 142 g/mol. The van der Waals surface area contributed by atoms with Gasteiger partial charge in [0.2, 0.25) is 0 Å². The zero-order valence-electron chi connectivity index (χ0n) is 6.68. The lowest BCUT2D eigenvalue weighted by atomic mass is 10.4. The normalized spacial score (nSPS) is 13.5. The number of hydrogen-bond donors (Lipinski definition) is 2. The molecule has 0 spiro atoms. The summed E-state index contributed by atoms with van der Waals surface area (Å²) in [7, 11) is 1.68. The molecular formula is C7H14N2O. The maximum absolute atomic E-state index is 8.82. The Kier molecular flexibility index (Phi) is 4.37. The first-order valence-electron chi connectivity index (χ1n) is 3.28. The van der Waals surface area contributed by atoms with Gasteiger partial charge in [0.25, 0.3) is 0 Å². The van der Waals surface area contributed by atoms with Gasteiger partial charge in [0, 0.05) is 19.7 Å². The number of aliphatic imine (C=N–C) groups is 1. The third-order valence-corrected chi connectivity index (χ3v) is 0.944. The Bertz CT molecular complexity index is 146. The first-order chi connectivity index (χ1) is 4.70. The van der Waals surface area contributed by atoms with Crippen LogP contribution in [0.1, 0.15) is 13.8 Å². The van der Waals surface area contributed by atoms with Crippen molar-refractivity contribution in [3.63, 3.8) is 0 Å². The van der Waals surface area contributed by atoms with E-state index in [4.69, 9.17) is 5.11 Å². The summed E-state index contributed by atoms with van der Waals surface area (Å²) in [6, 6.07) is 0. The lowest BCUT2D eigenvalue weighted by molar-refractivity contribution is 0.415. The highest BCUT2D eigenvalue weighted by Crippen LogP contribution is 1.84. The van der Waals surface area contributed by atoms with Crippen molar-refractivity contribution < 1.29 is 5.11 Å². The van der Waals surface area contributed by atoms with E-state index in [1.165, 1.54) is 0 Å². The Morgan fingerprint density at radius 1 is 1.70 bits per heavy atom. The van der Waals surface area contributed by atoms with E-state index in [2.05, 4.69) is 10.3 Å². The Balaban J connectivity index is 3.98. The number of allylic oxidation sites excluding steroid dienone is 1. The molecule has 0 aromatic carbocycles. The van der Waals surface area contributed by atoms with Crippen molar-refractivity contribution in [1.82, 2.24) is 5.32 Å². The van der Waals surface area contributed by atoms with Crippen LogP contribution < -0.4 is 5.32 Å². The Labute approximate surface area is 61.5 Å². The molecule has 0 amide bonds. The zero-order valence-corrected chi connectivity index (χ0v) is 6.68. The Morgan fingerprint density at radius 2 is 2.30 bits per heavy atom. The first-order valence-corrected chi connectivity index (χ1v) is 3.28. The number of rotatable bonds is 2. The Morgan fingerprint density at radius 3 is 2.60 bits per heavy atom. The first kappa shape index (κ1) is 9.01. The van der Waals surface area contributed by atoms with Crippen LogP contribution in [0.15, 0.2) is 16.8 Å². The van der Waals surface area contributed by atoms with Gasteiger partial charge in [-0.25, -0.2) is 0 Å². The molecule has 0 rings (SSSR count). The summed E-state index contributed by atoms with van der Waals surface area (Å²) in [6.07, 6.45) is 1.59. The Hall–Kier alpha value is -0.990. The van der Waals surface area contributed by atoms with E-state index in [-0.39, 0.29) is 5.76 Å². The summed E-state index contributed by atoms with van der Waals surface area (Å²) in [4.78, 5) is 3.89. The molecular weight excluding hydrogens is 128 g/mol. The highest BCUT2D eigenvalue weighted by atomic mass is 16.3. The van der Waals surface area contributed by atoms with Crippen LogP contribution in [0, 0.1) is 0 Å². The van der Waals surface area contributed by atoms with E-state index in [9.17, 15) is 0 Å². The molecule has 0 heterocycles. The fraction of sp³-hybridized carbons (Fsp3) is 0.571. The highest BCUT2D eigenvalue weighted by molar-refractivity contribution is 5.92. The second kappa shape index (κ2) is 4.85. The molecule has 3 nitrogen and oxygen atoms in total. The van der Waals surface area contributed by atoms with Gasteiger partial charge >= 0.3 is 0 Å². The summed E-state index contributed by atoms with van der Waals surface area (Å²) < 4.78 is 0. The van der Waals surface area contributed by atoms with Gasteiger partial charge in [-0.05, 0) is 13.8 Å². The molecule has 0 aromatic rings. The third-order valence-electron chi connectivity index (χ3n) is 0.944. The van der Waals surface area contributed by atoms with Crippen molar-refractivity contribution in [3.8, 4) is 0 Å². The maximum atomic E-state index is 8.82. The highest BCUT2D eigenvalue weighted by Gasteiger charge is 1.89. The minimum absolute atomic E-state index is 0.265. The molecule has 0 radical (unpaired) electrons. The summed E-state index contributed by atoms with van der Waals surface area (Å²) in [6.45, 7) is 4.41. The van der Waals surface area contributed by atoms with Gasteiger partial charge < -0.3 is 10.4 Å². The van der Waals surface area contributed by atoms with E-state index in [0.29, 0.717) is 5.84 Å². The number of nitrogens with zero attached hydrogens (tertiary/aromatic N) is 1. The average Bonchev–Trinajstić information content (AvgIpc) is 1.86. The molecule has 2 N–H and O–H groups in total. The molecule has 3 heteroatoms. The van der Waals surface area contributed by atoms with Gasteiger partial charge in [-0.3, -0.25) is 4.99 Å². The topological polar surface area (TPSA) is 44.6 Å². The fourth-order valence-corrected chi connectivity index (χ4v) is 0.574. The second-order valence-corrected chi connectivity index (χ2v) is 1.92. The number of amidine groups is 1. The molecule has 0 aliphatic carbocycles. The molecule has 0 aromatic heterocycles. The minimum atomic E-state index is 0.265. The molecule has 0 saturated carbocycles. The molecule has 0 bridgehead atoms. The predicted octanol–water partition coefficient (Wildman–Crippen LogP) is 1.09. The number of aliphatic hydroxyl groups excluding tert-OH is 1. The molecule has 0 fully saturated rings. The standard InChI is InChI=1S/C7H14N2O/c1-4-9-7(8-3)5-6(2)10/h5,10H,4H2,1-3H3,(H,8,9)/b6-5-. The molecule has 58 valence electrons. The SMILES string of the molecule is CCNC(/C=C(/C)O)=N/C. The molecule has 0 aliphatic rings. The van der Waals surface area contributed by atoms with Gasteiger partial charge in [0.15, 0.2) is 0 Å². The van der Waals surface area contributed by atoms with Crippen LogP contribution in [0.2, 0.25) is 0 Å². The molecule has 10 heavy (non-hydrogen) atoms. The van der Waals surface area contributed by atoms with Crippen molar-refractivity contribution in [1.29, 1.82) is 0 Å². The zero-order chi connectivity index (χ0) is 7.98. The third kappa shape index (κ3) is 3.95. The number of aliphatic hydroxyl groups is 1. The fourth-order valence-electron chi connectivity index (χ4n) is 0.574. The van der Waals surface area contributed by atoms with Gasteiger partial charge in [-0.2, -0.15) is 0 Å². The van der Waals surface area contributed by atoms with E-state index < -0.39 is 0 Å². The van der Waals surface area contributed by atoms with Crippen LogP contribution in [0.4, 0.5) is 0 Å². The van der Waals surface area contributed by atoms with E-state index in [1.807, 2.05) is 6.92 Å². The van der Waals surface area contributed by atoms with Gasteiger partial charge in [0.1, 0.15) is 5.84 Å². The summed E-state index contributed by atoms with van der Waals surface area (Å²) in [5.41, 5.74) is 0. The van der Waals surface area contributed by atoms with Crippen LogP contribution in [0.5, 0.6) is 0 Å². The lowest BCUT2D eigenvalue weighted by Gasteiger charge is -2.00. The van der Waals surface area contributed by atoms with E-state index in [1.54, 1.807) is 20.0 Å². The van der Waals surface area contributed by atoms with Crippen LogP contribution in [-0.2, 0) is 0 Å². The number of hydrogen-bond acceptors (Lipinski definition) is 2. The smallest absolute Gasteiger partial charge is 0.123 e. The quantitative estimate of drug-likeness (QED) is 0.344. The van der Waals surface area contributed by atoms with Gasteiger partial charge in [0.05, 0.1) is 5.76 Å². The van der Waals surface area contributed by atoms with Crippen molar-refractivity contribution in [2.45, 2.75) is 13.8 Å². The van der Waals surface area contributed by atoms with Crippen LogP contribution in [0.3, 0.4) is 0 Å². The number of nitrogens with one attached hydrogen (secondary N) is 1. The van der Waals surface area contributed by atoms with Crippen molar-refractivity contribution >= 4 is 5.84 Å². The van der Waals surface area contributed by atoms with Crippen LogP contribution in [0.25, 0.3) is 0 Å². The molecule has 0 unspecified atom stereocenters. The second-order valence-electron chi connectivity index (χ2n) is 1.92. The number of likely N-dealkylation sites (N-methyl/N-ethyl adjacent to an activating group) is 1. The molecule has 0 aliphatic heterocycles. The molecule has 0 atom stereocenters. The summed E-state index contributed by atoms with van der Waals surface area (Å²) >= 11 is 0. The summed E-state index contributed by atoms with van der Waals surface area (Å²) in [5.74, 6) is 0.976. The predicted molar refractivity (Wildman–Crippen MR) is 43.4 cm³/mol. The van der Waals surface area contributed by atoms with Crippen LogP contribution >= 0.6 is 0 Å². The average molecular weight is 142 g/mol. The van der Waals surface area contributed by atoms with Crippen molar-refractivity contribution in [2.24, 2.45) is 4.99 Å². The van der Waals surface area contributed by atoms with Gasteiger partial charge in [-0.15, -0.1) is 0 Å².